The molecule has 0 atom stereocenters. The number of hydrogen-bond donors (Lipinski definition) is 1. The number of benzene rings is 1. The lowest BCUT2D eigenvalue weighted by Gasteiger charge is -2.04. The Balaban J connectivity index is 3.28. The number of nitrogen functional groups attached to an aromatic ring is 1. The van der Waals surface area contributed by atoms with Crippen molar-refractivity contribution in [3.63, 3.8) is 0 Å². The first-order valence-corrected chi connectivity index (χ1v) is 4.13. The van der Waals surface area contributed by atoms with Crippen LogP contribution in [-0.2, 0) is 0 Å². The van der Waals surface area contributed by atoms with E-state index in [-0.39, 0.29) is 11.4 Å². The van der Waals surface area contributed by atoms with E-state index in [1.54, 1.807) is 0 Å². The van der Waals surface area contributed by atoms with E-state index >= 15 is 0 Å². The summed E-state index contributed by atoms with van der Waals surface area (Å²) in [6.07, 6.45) is 0. The van der Waals surface area contributed by atoms with Crippen LogP contribution in [0.4, 0.5) is 11.4 Å². The van der Waals surface area contributed by atoms with Crippen LogP contribution in [-0.4, -0.2) is 12.0 Å². The van der Waals surface area contributed by atoms with Crippen molar-refractivity contribution < 1.29 is 9.66 Å². The third kappa shape index (κ3) is 1.89. The van der Waals surface area contributed by atoms with Gasteiger partial charge in [0, 0.05) is 12.1 Å². The van der Waals surface area contributed by atoms with E-state index in [4.69, 9.17) is 10.5 Å². The highest BCUT2D eigenvalue weighted by Crippen LogP contribution is 2.33. The zero-order valence-corrected chi connectivity index (χ0v) is 8.37. The van der Waals surface area contributed by atoms with Crippen LogP contribution in [0.2, 0.25) is 0 Å². The summed E-state index contributed by atoms with van der Waals surface area (Å²) >= 11 is 3.12. The molecule has 1 aromatic carbocycles. The van der Waals surface area contributed by atoms with Crippen LogP contribution in [0, 0.1) is 10.1 Å². The van der Waals surface area contributed by atoms with Gasteiger partial charge in [-0.05, 0) is 15.9 Å². The first-order valence-electron chi connectivity index (χ1n) is 3.33. The number of ether oxygens (including phenoxy) is 1. The predicted octanol–water partition coefficient (Wildman–Crippen LogP) is 1.95. The molecule has 0 amide bonds. The molecule has 0 heterocycles. The fourth-order valence-electron chi connectivity index (χ4n) is 0.873. The first kappa shape index (κ1) is 9.79. The molecule has 0 spiro atoms. The van der Waals surface area contributed by atoms with Crippen molar-refractivity contribution in [2.45, 2.75) is 0 Å². The van der Waals surface area contributed by atoms with E-state index in [9.17, 15) is 10.1 Å². The van der Waals surface area contributed by atoms with Gasteiger partial charge in [0.15, 0.2) is 0 Å². The molecule has 5 nitrogen and oxygen atoms in total. The number of anilines is 1. The van der Waals surface area contributed by atoms with Crippen LogP contribution in [0.5, 0.6) is 5.75 Å². The van der Waals surface area contributed by atoms with E-state index in [0.717, 1.165) is 0 Å². The van der Waals surface area contributed by atoms with E-state index in [0.29, 0.717) is 10.2 Å². The first-order chi connectivity index (χ1) is 6.06. The number of nitrogens with two attached hydrogens (primary N) is 1. The second-order valence-electron chi connectivity index (χ2n) is 2.30. The Bertz CT molecular complexity index is 354. The highest BCUT2D eigenvalue weighted by Gasteiger charge is 2.14. The largest absolute Gasteiger partial charge is 0.495 e. The quantitative estimate of drug-likeness (QED) is 0.492. The van der Waals surface area contributed by atoms with Gasteiger partial charge in [0.1, 0.15) is 11.4 Å². The number of nitro groups is 1. The molecule has 0 saturated heterocycles. The molecule has 0 aromatic heterocycles. The smallest absolute Gasteiger partial charge is 0.293 e. The minimum atomic E-state index is -0.542. The van der Waals surface area contributed by atoms with Gasteiger partial charge < -0.3 is 10.5 Å². The zero-order chi connectivity index (χ0) is 10.0. The minimum absolute atomic E-state index is 0.0880. The van der Waals surface area contributed by atoms with Crippen LogP contribution in [0.1, 0.15) is 0 Å². The second kappa shape index (κ2) is 3.61. The van der Waals surface area contributed by atoms with Gasteiger partial charge in [-0.15, -0.1) is 0 Å². The molecule has 0 bridgehead atoms. The summed E-state index contributed by atoms with van der Waals surface area (Å²) in [4.78, 5) is 9.90. The molecule has 1 aromatic rings. The van der Waals surface area contributed by atoms with Crippen molar-refractivity contribution in [1.82, 2.24) is 0 Å². The van der Waals surface area contributed by atoms with Gasteiger partial charge in [-0.2, -0.15) is 0 Å². The molecule has 13 heavy (non-hydrogen) atoms. The fraction of sp³-hybridized carbons (Fsp3) is 0.143. The Hall–Kier alpha value is -1.30. The molecule has 6 heteroatoms. The number of nitro benzene ring substituents is 1. The molecular formula is C7H7BrN2O3. The average Bonchev–Trinajstić information content (AvgIpc) is 2.07. The second-order valence-corrected chi connectivity index (χ2v) is 3.16. The Labute approximate surface area is 82.8 Å². The van der Waals surface area contributed by atoms with Crippen LogP contribution in [0.3, 0.4) is 0 Å². The molecule has 0 saturated carbocycles. The lowest BCUT2D eigenvalue weighted by atomic mass is 10.2. The summed E-state index contributed by atoms with van der Waals surface area (Å²) in [5.41, 5.74) is 5.38. The number of methoxy groups -OCH3 is 1. The van der Waals surface area contributed by atoms with Gasteiger partial charge in [0.05, 0.1) is 16.5 Å². The fourth-order valence-corrected chi connectivity index (χ4v) is 1.37. The third-order valence-electron chi connectivity index (χ3n) is 1.50. The number of nitrogens with zero attached hydrogens (tertiary/aromatic N) is 1. The van der Waals surface area contributed by atoms with E-state index in [1.165, 1.54) is 19.2 Å². The summed E-state index contributed by atoms with van der Waals surface area (Å²) in [5, 5.41) is 10.4. The highest BCUT2D eigenvalue weighted by molar-refractivity contribution is 9.10. The Morgan fingerprint density at radius 3 is 2.69 bits per heavy atom. The maximum atomic E-state index is 10.4. The molecule has 1 rings (SSSR count). The van der Waals surface area contributed by atoms with Gasteiger partial charge in [-0.3, -0.25) is 10.1 Å². The summed E-state index contributed by atoms with van der Waals surface area (Å²) in [6, 6.07) is 2.72. The molecule has 0 aliphatic heterocycles. The Morgan fingerprint density at radius 1 is 1.62 bits per heavy atom. The number of rotatable bonds is 2. The molecule has 70 valence electrons. The van der Waals surface area contributed by atoms with Crippen molar-refractivity contribution >= 4 is 27.3 Å². The molecule has 0 aliphatic carbocycles. The molecule has 0 unspecified atom stereocenters. The van der Waals surface area contributed by atoms with Gasteiger partial charge >= 0.3 is 0 Å². The van der Waals surface area contributed by atoms with E-state index in [2.05, 4.69) is 15.9 Å². The Morgan fingerprint density at radius 2 is 2.23 bits per heavy atom. The van der Waals surface area contributed by atoms with Gasteiger partial charge in [0.25, 0.3) is 5.69 Å². The normalized spacial score (nSPS) is 9.69. The van der Waals surface area contributed by atoms with E-state index in [1.807, 2.05) is 0 Å². The van der Waals surface area contributed by atoms with Gasteiger partial charge in [-0.1, -0.05) is 0 Å². The van der Waals surface area contributed by atoms with Crippen LogP contribution in [0.25, 0.3) is 0 Å². The van der Waals surface area contributed by atoms with Crippen molar-refractivity contribution in [3.8, 4) is 5.75 Å². The summed E-state index contributed by atoms with van der Waals surface area (Å²) in [6.45, 7) is 0. The Kier molecular flexibility index (Phi) is 2.72. The van der Waals surface area contributed by atoms with Crippen molar-refractivity contribution in [2.24, 2.45) is 0 Å². The molecule has 0 radical (unpaired) electrons. The monoisotopic (exact) mass is 246 g/mol. The maximum absolute atomic E-state index is 10.4. The van der Waals surface area contributed by atoms with Gasteiger partial charge in [-0.25, -0.2) is 0 Å². The maximum Gasteiger partial charge on any atom is 0.293 e. The summed E-state index contributed by atoms with van der Waals surface area (Å²) < 4.78 is 5.42. The zero-order valence-electron chi connectivity index (χ0n) is 6.78. The minimum Gasteiger partial charge on any atom is -0.495 e. The van der Waals surface area contributed by atoms with Crippen molar-refractivity contribution in [2.75, 3.05) is 12.8 Å². The van der Waals surface area contributed by atoms with Crippen molar-refractivity contribution in [3.05, 3.63) is 26.7 Å². The van der Waals surface area contributed by atoms with Crippen LogP contribution >= 0.6 is 15.9 Å². The molecule has 0 fully saturated rings. The van der Waals surface area contributed by atoms with Crippen molar-refractivity contribution in [1.29, 1.82) is 0 Å². The van der Waals surface area contributed by atoms with E-state index < -0.39 is 4.92 Å². The molecule has 2 N–H and O–H groups in total. The SMILES string of the molecule is COc1cc(N)c([N+](=O)[O-])cc1Br. The number of halogens is 1. The standard InChI is InChI=1S/C7H7BrN2O3/c1-13-7-3-5(9)6(10(11)12)2-4(7)8/h2-3H,9H2,1H3. The van der Waals surface area contributed by atoms with Gasteiger partial charge in [0.2, 0.25) is 0 Å². The third-order valence-corrected chi connectivity index (χ3v) is 2.12. The lowest BCUT2D eigenvalue weighted by molar-refractivity contribution is -0.384. The summed E-state index contributed by atoms with van der Waals surface area (Å²) in [5.74, 6) is 0.475. The predicted molar refractivity (Wildman–Crippen MR) is 51.8 cm³/mol. The highest BCUT2D eigenvalue weighted by atomic mass is 79.9. The average molecular weight is 247 g/mol. The molecular weight excluding hydrogens is 240 g/mol. The lowest BCUT2D eigenvalue weighted by Crippen LogP contribution is -1.96. The topological polar surface area (TPSA) is 78.4 Å². The number of hydrogen-bond acceptors (Lipinski definition) is 4. The summed E-state index contributed by atoms with van der Waals surface area (Å²) in [7, 11) is 1.46. The van der Waals surface area contributed by atoms with Crippen LogP contribution in [0.15, 0.2) is 16.6 Å². The molecule has 0 aliphatic rings. The van der Waals surface area contributed by atoms with Crippen LogP contribution < -0.4 is 10.5 Å².